The summed E-state index contributed by atoms with van der Waals surface area (Å²) in [5, 5.41) is 0. The Labute approximate surface area is 131 Å². The van der Waals surface area contributed by atoms with E-state index in [4.69, 9.17) is 4.74 Å². The lowest BCUT2D eigenvalue weighted by molar-refractivity contribution is -0.151. The van der Waals surface area contributed by atoms with E-state index in [1.807, 2.05) is 36.1 Å². The summed E-state index contributed by atoms with van der Waals surface area (Å²) in [4.78, 5) is 26.7. The quantitative estimate of drug-likeness (QED) is 0.579. The minimum Gasteiger partial charge on any atom is -0.466 e. The molecule has 2 fully saturated rings. The van der Waals surface area contributed by atoms with Crippen LogP contribution in [0.2, 0.25) is 0 Å². The van der Waals surface area contributed by atoms with Gasteiger partial charge >= 0.3 is 5.97 Å². The highest BCUT2D eigenvalue weighted by Gasteiger charge is 2.60. The Morgan fingerprint density at radius 3 is 2.82 bits per heavy atom. The zero-order valence-corrected chi connectivity index (χ0v) is 13.1. The van der Waals surface area contributed by atoms with E-state index >= 15 is 0 Å². The van der Waals surface area contributed by atoms with Gasteiger partial charge in [0, 0.05) is 18.9 Å². The van der Waals surface area contributed by atoms with Gasteiger partial charge in [-0.2, -0.15) is 0 Å². The van der Waals surface area contributed by atoms with Crippen LogP contribution in [0.25, 0.3) is 0 Å². The number of hydrogen-bond donors (Lipinski definition) is 0. The number of hydrogen-bond acceptors (Lipinski definition) is 3. The van der Waals surface area contributed by atoms with Crippen LogP contribution < -0.4 is 0 Å². The molecular formula is C18H23NO3. The second-order valence-electron chi connectivity index (χ2n) is 6.47. The minimum atomic E-state index is -0.439. The van der Waals surface area contributed by atoms with Crippen LogP contribution in [0.3, 0.4) is 0 Å². The molecule has 3 rings (SSSR count). The van der Waals surface area contributed by atoms with E-state index in [1.54, 1.807) is 0 Å². The fourth-order valence-corrected chi connectivity index (χ4v) is 3.76. The van der Waals surface area contributed by atoms with Gasteiger partial charge in [-0.1, -0.05) is 30.4 Å². The molecule has 1 heterocycles. The third-order valence-electron chi connectivity index (χ3n) is 5.31. The Hall–Kier alpha value is -1.84. The topological polar surface area (TPSA) is 46.6 Å². The summed E-state index contributed by atoms with van der Waals surface area (Å²) < 4.78 is 5.23. The summed E-state index contributed by atoms with van der Waals surface area (Å²) >= 11 is 0. The fraction of sp³-hybridized carbons (Fsp3) is 0.556. The summed E-state index contributed by atoms with van der Waals surface area (Å²) in [5.74, 6) is 0.0528. The first kappa shape index (κ1) is 15.1. The molecule has 0 unspecified atom stereocenters. The van der Waals surface area contributed by atoms with Gasteiger partial charge in [0.2, 0.25) is 5.91 Å². The van der Waals surface area contributed by atoms with Crippen LogP contribution in [-0.4, -0.2) is 35.5 Å². The second kappa shape index (κ2) is 5.41. The molecule has 4 heteroatoms. The van der Waals surface area contributed by atoms with Crippen molar-refractivity contribution in [1.29, 1.82) is 0 Å². The molecule has 1 saturated carbocycles. The van der Waals surface area contributed by atoms with Gasteiger partial charge in [0.25, 0.3) is 0 Å². The number of esters is 1. The molecule has 4 nitrogen and oxygen atoms in total. The first-order chi connectivity index (χ1) is 10.6. The van der Waals surface area contributed by atoms with Crippen molar-refractivity contribution in [2.45, 2.75) is 38.1 Å². The maximum Gasteiger partial charge on any atom is 0.312 e. The van der Waals surface area contributed by atoms with E-state index in [2.05, 4.69) is 12.7 Å². The number of carbonyl (C=O) groups is 2. The van der Waals surface area contributed by atoms with Crippen molar-refractivity contribution < 1.29 is 14.3 Å². The van der Waals surface area contributed by atoms with Gasteiger partial charge in [0.1, 0.15) is 0 Å². The standard InChI is InChI=1S/C18H23NO3/c1-3-17(8-6-5-7-9-17)19-13-14(12-15(19)20)18(10-11-18)16(21)22-4-2/h3,5-8,14H,1,4,9-13H2,2H3/t14-,17+/m1/s1. The Morgan fingerprint density at radius 2 is 2.27 bits per heavy atom. The number of rotatable bonds is 5. The molecule has 2 aliphatic carbocycles. The lowest BCUT2D eigenvalue weighted by Gasteiger charge is -2.38. The summed E-state index contributed by atoms with van der Waals surface area (Å²) in [6.07, 6.45) is 12.7. The minimum absolute atomic E-state index is 0.0650. The van der Waals surface area contributed by atoms with Gasteiger partial charge in [-0.05, 0) is 26.2 Å². The second-order valence-corrected chi connectivity index (χ2v) is 6.47. The molecular weight excluding hydrogens is 278 g/mol. The van der Waals surface area contributed by atoms with Crippen molar-refractivity contribution in [2.75, 3.05) is 13.2 Å². The third-order valence-corrected chi connectivity index (χ3v) is 5.31. The van der Waals surface area contributed by atoms with Gasteiger partial charge in [-0.25, -0.2) is 0 Å². The van der Waals surface area contributed by atoms with Gasteiger partial charge in [0.05, 0.1) is 17.6 Å². The molecule has 3 aliphatic rings. The van der Waals surface area contributed by atoms with Crippen molar-refractivity contribution in [2.24, 2.45) is 11.3 Å². The van der Waals surface area contributed by atoms with Crippen molar-refractivity contribution >= 4 is 11.9 Å². The molecule has 0 N–H and O–H groups in total. The Balaban J connectivity index is 1.79. The van der Waals surface area contributed by atoms with E-state index in [0.717, 1.165) is 19.3 Å². The Bertz CT molecular complexity index is 559. The predicted octanol–water partition coefficient (Wildman–Crippen LogP) is 2.62. The Kier molecular flexibility index (Phi) is 3.71. The van der Waals surface area contributed by atoms with E-state index in [0.29, 0.717) is 19.6 Å². The van der Waals surface area contributed by atoms with Crippen molar-refractivity contribution in [3.8, 4) is 0 Å². The smallest absolute Gasteiger partial charge is 0.312 e. The molecule has 0 aromatic heterocycles. The summed E-state index contributed by atoms with van der Waals surface area (Å²) in [7, 11) is 0. The van der Waals surface area contributed by atoms with E-state index < -0.39 is 11.0 Å². The van der Waals surface area contributed by atoms with Crippen molar-refractivity contribution in [1.82, 2.24) is 4.90 Å². The predicted molar refractivity (Wildman–Crippen MR) is 83.9 cm³/mol. The molecule has 0 aromatic carbocycles. The summed E-state index contributed by atoms with van der Waals surface area (Å²) in [6, 6.07) is 0. The number of likely N-dealkylation sites (tertiary alicyclic amines) is 1. The molecule has 1 amide bonds. The maximum absolute atomic E-state index is 12.6. The average molecular weight is 301 g/mol. The largest absolute Gasteiger partial charge is 0.466 e. The normalized spacial score (nSPS) is 32.1. The number of allylic oxidation sites excluding steroid dienone is 2. The van der Waals surface area contributed by atoms with Crippen LogP contribution >= 0.6 is 0 Å². The van der Waals surface area contributed by atoms with E-state index in [-0.39, 0.29) is 17.8 Å². The van der Waals surface area contributed by atoms with Crippen LogP contribution in [-0.2, 0) is 14.3 Å². The molecule has 0 spiro atoms. The zero-order chi connectivity index (χ0) is 15.8. The first-order valence-electron chi connectivity index (χ1n) is 8.03. The lowest BCUT2D eigenvalue weighted by Crippen LogP contribution is -2.47. The van der Waals surface area contributed by atoms with Crippen molar-refractivity contribution in [3.05, 3.63) is 37.0 Å². The third kappa shape index (κ3) is 2.21. The van der Waals surface area contributed by atoms with Gasteiger partial charge in [0.15, 0.2) is 0 Å². The van der Waals surface area contributed by atoms with Crippen LogP contribution in [0, 0.1) is 11.3 Å². The maximum atomic E-state index is 12.6. The molecule has 0 bridgehead atoms. The molecule has 1 aliphatic heterocycles. The van der Waals surface area contributed by atoms with Crippen molar-refractivity contribution in [3.63, 3.8) is 0 Å². The average Bonchev–Trinajstić information content (AvgIpc) is 3.26. The SMILES string of the molecule is C=C[C@]1(N2C[C@H](C3(C(=O)OCC)CC3)CC2=O)C=CC=CC1. The number of amides is 1. The van der Waals surface area contributed by atoms with Crippen LogP contribution in [0.15, 0.2) is 37.0 Å². The molecule has 1 saturated heterocycles. The summed E-state index contributed by atoms with van der Waals surface area (Å²) in [5.41, 5.74) is -0.859. The van der Waals surface area contributed by atoms with E-state index in [9.17, 15) is 9.59 Å². The van der Waals surface area contributed by atoms with Gasteiger partial charge in [-0.15, -0.1) is 6.58 Å². The first-order valence-corrected chi connectivity index (χ1v) is 8.03. The number of ether oxygens (including phenoxy) is 1. The fourth-order valence-electron chi connectivity index (χ4n) is 3.76. The highest BCUT2D eigenvalue weighted by Crippen LogP contribution is 2.56. The monoisotopic (exact) mass is 301 g/mol. The van der Waals surface area contributed by atoms with Crippen LogP contribution in [0.4, 0.5) is 0 Å². The zero-order valence-electron chi connectivity index (χ0n) is 13.1. The Morgan fingerprint density at radius 1 is 1.50 bits per heavy atom. The number of carbonyl (C=O) groups excluding carboxylic acids is 2. The molecule has 118 valence electrons. The lowest BCUT2D eigenvalue weighted by atomic mass is 9.87. The van der Waals surface area contributed by atoms with Gasteiger partial charge in [-0.3, -0.25) is 9.59 Å². The molecule has 2 atom stereocenters. The molecule has 0 radical (unpaired) electrons. The molecule has 22 heavy (non-hydrogen) atoms. The number of nitrogens with zero attached hydrogens (tertiary/aromatic N) is 1. The van der Waals surface area contributed by atoms with Gasteiger partial charge < -0.3 is 9.64 Å². The van der Waals surface area contributed by atoms with E-state index in [1.165, 1.54) is 0 Å². The highest BCUT2D eigenvalue weighted by atomic mass is 16.5. The summed E-state index contributed by atoms with van der Waals surface area (Å²) in [6.45, 7) is 6.77. The van der Waals surface area contributed by atoms with Crippen LogP contribution in [0.1, 0.15) is 32.6 Å². The molecule has 0 aromatic rings. The highest BCUT2D eigenvalue weighted by molar-refractivity contribution is 5.85. The van der Waals surface area contributed by atoms with Crippen LogP contribution in [0.5, 0.6) is 0 Å².